The van der Waals surface area contributed by atoms with Gasteiger partial charge in [-0.05, 0) is 48.4 Å². The van der Waals surface area contributed by atoms with Gasteiger partial charge in [0.2, 0.25) is 0 Å². The minimum Gasteiger partial charge on any atom is -0.494 e. The van der Waals surface area contributed by atoms with Gasteiger partial charge in [0.15, 0.2) is 0 Å². The zero-order valence-electron chi connectivity index (χ0n) is 13.9. The second-order valence-electron chi connectivity index (χ2n) is 5.54. The van der Waals surface area contributed by atoms with Crippen LogP contribution in [0.4, 0.5) is 4.39 Å². The standard InChI is InChI=1S/C19H24FNO3/c1-2-11-23-18-7-3-15(4-8-18)12-21-13-17(22)14-24-19-9-5-16(20)6-10-19/h3-10,17,21-22H,2,11-14H2,1H3. The normalized spacial score (nSPS) is 12.0. The molecule has 0 fully saturated rings. The second kappa shape index (κ2) is 9.90. The summed E-state index contributed by atoms with van der Waals surface area (Å²) in [6.07, 6.45) is 0.350. The van der Waals surface area contributed by atoms with Gasteiger partial charge < -0.3 is 19.9 Å². The van der Waals surface area contributed by atoms with E-state index in [1.54, 1.807) is 0 Å². The Hall–Kier alpha value is -2.11. The predicted octanol–water partition coefficient (Wildman–Crippen LogP) is 3.14. The van der Waals surface area contributed by atoms with Gasteiger partial charge in [0.25, 0.3) is 0 Å². The van der Waals surface area contributed by atoms with E-state index in [1.165, 1.54) is 24.3 Å². The number of aliphatic hydroxyl groups excluding tert-OH is 1. The summed E-state index contributed by atoms with van der Waals surface area (Å²) in [7, 11) is 0. The lowest BCUT2D eigenvalue weighted by Gasteiger charge is -2.13. The zero-order chi connectivity index (χ0) is 17.2. The molecule has 1 atom stereocenters. The fourth-order valence-electron chi connectivity index (χ4n) is 2.09. The Balaban J connectivity index is 1.64. The molecule has 0 heterocycles. The summed E-state index contributed by atoms with van der Waals surface area (Å²) >= 11 is 0. The van der Waals surface area contributed by atoms with Crippen molar-refractivity contribution in [1.82, 2.24) is 5.32 Å². The number of ether oxygens (including phenoxy) is 2. The smallest absolute Gasteiger partial charge is 0.123 e. The van der Waals surface area contributed by atoms with Crippen molar-refractivity contribution >= 4 is 0 Å². The number of hydrogen-bond donors (Lipinski definition) is 2. The van der Waals surface area contributed by atoms with Crippen LogP contribution in [0.1, 0.15) is 18.9 Å². The highest BCUT2D eigenvalue weighted by molar-refractivity contribution is 5.27. The molecule has 0 spiro atoms. The van der Waals surface area contributed by atoms with Crippen LogP contribution in [0.15, 0.2) is 48.5 Å². The summed E-state index contributed by atoms with van der Waals surface area (Å²) < 4.78 is 23.7. The van der Waals surface area contributed by atoms with Crippen LogP contribution < -0.4 is 14.8 Å². The lowest BCUT2D eigenvalue weighted by atomic mass is 10.2. The molecule has 2 aromatic rings. The van der Waals surface area contributed by atoms with Crippen molar-refractivity contribution in [3.63, 3.8) is 0 Å². The fraction of sp³-hybridized carbons (Fsp3) is 0.368. The van der Waals surface area contributed by atoms with Crippen LogP contribution in [0.2, 0.25) is 0 Å². The van der Waals surface area contributed by atoms with E-state index >= 15 is 0 Å². The number of aliphatic hydroxyl groups is 1. The van der Waals surface area contributed by atoms with Gasteiger partial charge in [-0.3, -0.25) is 0 Å². The SMILES string of the molecule is CCCOc1ccc(CNCC(O)COc2ccc(F)cc2)cc1. The average Bonchev–Trinajstić information content (AvgIpc) is 2.60. The summed E-state index contributed by atoms with van der Waals surface area (Å²) in [4.78, 5) is 0. The van der Waals surface area contributed by atoms with Gasteiger partial charge in [0, 0.05) is 13.1 Å². The van der Waals surface area contributed by atoms with E-state index in [9.17, 15) is 9.50 Å². The number of rotatable bonds is 10. The van der Waals surface area contributed by atoms with Crippen molar-refractivity contribution in [3.8, 4) is 11.5 Å². The van der Waals surface area contributed by atoms with Gasteiger partial charge in [0.1, 0.15) is 30.0 Å². The van der Waals surface area contributed by atoms with Crippen LogP contribution in [0.25, 0.3) is 0 Å². The highest BCUT2D eigenvalue weighted by atomic mass is 19.1. The van der Waals surface area contributed by atoms with Crippen LogP contribution >= 0.6 is 0 Å². The largest absolute Gasteiger partial charge is 0.494 e. The number of halogens is 1. The highest BCUT2D eigenvalue weighted by Gasteiger charge is 2.05. The first-order valence-corrected chi connectivity index (χ1v) is 8.16. The summed E-state index contributed by atoms with van der Waals surface area (Å²) in [6, 6.07) is 13.6. The number of hydrogen-bond acceptors (Lipinski definition) is 4. The van der Waals surface area contributed by atoms with Gasteiger partial charge in [-0.15, -0.1) is 0 Å². The summed E-state index contributed by atoms with van der Waals surface area (Å²) in [5.74, 6) is 1.10. The third-order valence-electron chi connectivity index (χ3n) is 3.36. The highest BCUT2D eigenvalue weighted by Crippen LogP contribution is 2.13. The van der Waals surface area contributed by atoms with E-state index in [0.717, 1.165) is 24.3 Å². The molecule has 0 saturated carbocycles. The third kappa shape index (κ3) is 6.56. The molecule has 5 heteroatoms. The van der Waals surface area contributed by atoms with Crippen LogP contribution in [0, 0.1) is 5.82 Å². The molecule has 4 nitrogen and oxygen atoms in total. The van der Waals surface area contributed by atoms with E-state index in [0.29, 0.717) is 18.8 Å². The molecule has 0 saturated heterocycles. The van der Waals surface area contributed by atoms with Crippen molar-refractivity contribution < 1.29 is 19.0 Å². The first kappa shape index (κ1) is 18.2. The molecule has 0 aliphatic heterocycles. The molecule has 2 aromatic carbocycles. The molecule has 0 bridgehead atoms. The molecule has 0 radical (unpaired) electrons. The van der Waals surface area contributed by atoms with Crippen LogP contribution in [0.3, 0.4) is 0 Å². The lowest BCUT2D eigenvalue weighted by Crippen LogP contribution is -2.31. The van der Waals surface area contributed by atoms with Gasteiger partial charge in [-0.25, -0.2) is 4.39 Å². The molecule has 0 amide bonds. The number of benzene rings is 2. The Morgan fingerprint density at radius 1 is 1.00 bits per heavy atom. The summed E-state index contributed by atoms with van der Waals surface area (Å²) in [5, 5.41) is 13.1. The molecule has 0 aliphatic rings. The van der Waals surface area contributed by atoms with E-state index in [-0.39, 0.29) is 12.4 Å². The molecule has 0 aromatic heterocycles. The summed E-state index contributed by atoms with van der Waals surface area (Å²) in [6.45, 7) is 4.01. The summed E-state index contributed by atoms with van der Waals surface area (Å²) in [5.41, 5.74) is 1.12. The Morgan fingerprint density at radius 3 is 2.29 bits per heavy atom. The minimum atomic E-state index is -0.637. The Kier molecular flexibility index (Phi) is 7.52. The van der Waals surface area contributed by atoms with Crippen molar-refractivity contribution in [2.75, 3.05) is 19.8 Å². The first-order valence-electron chi connectivity index (χ1n) is 8.16. The van der Waals surface area contributed by atoms with Gasteiger partial charge in [-0.1, -0.05) is 19.1 Å². The predicted molar refractivity (Wildman–Crippen MR) is 91.8 cm³/mol. The quantitative estimate of drug-likeness (QED) is 0.701. The maximum atomic E-state index is 12.8. The number of nitrogens with one attached hydrogen (secondary N) is 1. The molecule has 2 N–H and O–H groups in total. The van der Waals surface area contributed by atoms with Crippen molar-refractivity contribution in [1.29, 1.82) is 0 Å². The maximum absolute atomic E-state index is 12.8. The van der Waals surface area contributed by atoms with E-state index in [2.05, 4.69) is 12.2 Å². The fourth-order valence-corrected chi connectivity index (χ4v) is 2.09. The van der Waals surface area contributed by atoms with Gasteiger partial charge >= 0.3 is 0 Å². The van der Waals surface area contributed by atoms with Crippen molar-refractivity contribution in [3.05, 3.63) is 59.9 Å². The van der Waals surface area contributed by atoms with Gasteiger partial charge in [0.05, 0.1) is 6.61 Å². The monoisotopic (exact) mass is 333 g/mol. The second-order valence-corrected chi connectivity index (χ2v) is 5.54. The minimum absolute atomic E-state index is 0.155. The Bertz CT molecular complexity index is 587. The zero-order valence-corrected chi connectivity index (χ0v) is 13.9. The van der Waals surface area contributed by atoms with E-state index < -0.39 is 6.10 Å². The van der Waals surface area contributed by atoms with Crippen LogP contribution in [-0.4, -0.2) is 31.0 Å². The third-order valence-corrected chi connectivity index (χ3v) is 3.36. The molecular formula is C19H24FNO3. The molecular weight excluding hydrogens is 309 g/mol. The molecule has 2 rings (SSSR count). The topological polar surface area (TPSA) is 50.7 Å². The molecule has 130 valence electrons. The van der Waals surface area contributed by atoms with Gasteiger partial charge in [-0.2, -0.15) is 0 Å². The van der Waals surface area contributed by atoms with Crippen molar-refractivity contribution in [2.24, 2.45) is 0 Å². The maximum Gasteiger partial charge on any atom is 0.123 e. The molecule has 24 heavy (non-hydrogen) atoms. The van der Waals surface area contributed by atoms with E-state index in [4.69, 9.17) is 9.47 Å². The van der Waals surface area contributed by atoms with Crippen LogP contribution in [0.5, 0.6) is 11.5 Å². The Labute approximate surface area is 142 Å². The first-order chi connectivity index (χ1) is 11.7. The Morgan fingerprint density at radius 2 is 1.62 bits per heavy atom. The average molecular weight is 333 g/mol. The lowest BCUT2D eigenvalue weighted by molar-refractivity contribution is 0.106. The van der Waals surface area contributed by atoms with Crippen molar-refractivity contribution in [2.45, 2.75) is 26.0 Å². The molecule has 0 aliphatic carbocycles. The molecule has 1 unspecified atom stereocenters. The van der Waals surface area contributed by atoms with E-state index in [1.807, 2.05) is 24.3 Å². The van der Waals surface area contributed by atoms with Crippen LogP contribution in [-0.2, 0) is 6.54 Å².